The van der Waals surface area contributed by atoms with Gasteiger partial charge < -0.3 is 20.4 Å². The van der Waals surface area contributed by atoms with Gasteiger partial charge >= 0.3 is 0 Å². The normalized spacial score (nSPS) is 59.0. The summed E-state index contributed by atoms with van der Waals surface area (Å²) in [5.74, 6) is 0.224. The van der Waals surface area contributed by atoms with Crippen LogP contribution in [-0.2, 0) is 0 Å². The van der Waals surface area contributed by atoms with E-state index in [0.717, 1.165) is 24.8 Å². The molecule has 0 aromatic carbocycles. The first-order valence-corrected chi connectivity index (χ1v) is 9.45. The number of fused-ring (bicyclic) bond motifs is 2. The SMILES string of the molecule is C=C1[C@@H]2CC[C@@H]3C[C@@]2(C[C@@H](O)[C@@]2(O)[C@H]1C[C@H](O)C2(C)C)C[C@@]3(C)O. The Balaban J connectivity index is 1.81. The molecule has 0 radical (unpaired) electrons. The van der Waals surface area contributed by atoms with E-state index in [1.807, 2.05) is 20.8 Å². The van der Waals surface area contributed by atoms with Gasteiger partial charge in [-0.1, -0.05) is 26.0 Å². The van der Waals surface area contributed by atoms with Crippen molar-refractivity contribution in [3.8, 4) is 0 Å². The van der Waals surface area contributed by atoms with Gasteiger partial charge in [0.15, 0.2) is 0 Å². The Morgan fingerprint density at radius 1 is 0.958 bits per heavy atom. The minimum atomic E-state index is -1.35. The summed E-state index contributed by atoms with van der Waals surface area (Å²) in [6.45, 7) is 10.0. The number of aliphatic hydroxyl groups is 4. The maximum absolute atomic E-state index is 11.6. The molecule has 4 aliphatic carbocycles. The Labute approximate surface area is 144 Å². The van der Waals surface area contributed by atoms with Crippen molar-refractivity contribution in [1.82, 2.24) is 0 Å². The van der Waals surface area contributed by atoms with Crippen LogP contribution in [0.4, 0.5) is 0 Å². The third kappa shape index (κ3) is 1.78. The fraction of sp³-hybridized carbons (Fsp3) is 0.900. The number of hydrogen-bond donors (Lipinski definition) is 4. The Morgan fingerprint density at radius 2 is 1.62 bits per heavy atom. The molecular weight excluding hydrogens is 304 g/mol. The quantitative estimate of drug-likeness (QED) is 0.510. The lowest BCUT2D eigenvalue weighted by Gasteiger charge is -2.45. The summed E-state index contributed by atoms with van der Waals surface area (Å²) in [6.07, 6.45) is 2.95. The molecule has 4 heteroatoms. The zero-order chi connectivity index (χ0) is 17.7. The number of aliphatic hydroxyl groups excluding tert-OH is 2. The largest absolute Gasteiger partial charge is 0.392 e. The lowest BCUT2D eigenvalue weighted by Crippen LogP contribution is -2.56. The van der Waals surface area contributed by atoms with Gasteiger partial charge in [-0.05, 0) is 62.7 Å². The summed E-state index contributed by atoms with van der Waals surface area (Å²) in [6, 6.07) is 0. The first kappa shape index (κ1) is 17.0. The van der Waals surface area contributed by atoms with Crippen LogP contribution in [0, 0.1) is 28.6 Å². The van der Waals surface area contributed by atoms with Gasteiger partial charge in [0.1, 0.15) is 5.60 Å². The van der Waals surface area contributed by atoms with Crippen molar-refractivity contribution in [2.75, 3.05) is 0 Å². The molecule has 0 aromatic rings. The van der Waals surface area contributed by atoms with Crippen LogP contribution in [0.5, 0.6) is 0 Å². The topological polar surface area (TPSA) is 80.9 Å². The van der Waals surface area contributed by atoms with E-state index in [9.17, 15) is 20.4 Å². The predicted molar refractivity (Wildman–Crippen MR) is 91.1 cm³/mol. The fourth-order valence-corrected chi connectivity index (χ4v) is 7.16. The second kappa shape index (κ2) is 4.64. The first-order valence-electron chi connectivity index (χ1n) is 9.45. The van der Waals surface area contributed by atoms with Crippen LogP contribution in [0.15, 0.2) is 12.2 Å². The minimum absolute atomic E-state index is 0.163. The van der Waals surface area contributed by atoms with E-state index in [0.29, 0.717) is 19.3 Å². The van der Waals surface area contributed by atoms with Gasteiger partial charge in [0.25, 0.3) is 0 Å². The Morgan fingerprint density at radius 3 is 2.29 bits per heavy atom. The van der Waals surface area contributed by atoms with E-state index in [2.05, 4.69) is 6.58 Å². The van der Waals surface area contributed by atoms with E-state index >= 15 is 0 Å². The Bertz CT molecular complexity index is 582. The van der Waals surface area contributed by atoms with Crippen molar-refractivity contribution in [1.29, 1.82) is 0 Å². The van der Waals surface area contributed by atoms with Gasteiger partial charge in [-0.15, -0.1) is 0 Å². The van der Waals surface area contributed by atoms with Gasteiger partial charge in [-0.3, -0.25) is 0 Å². The second-order valence-corrected chi connectivity index (χ2v) is 10.1. The highest BCUT2D eigenvalue weighted by molar-refractivity contribution is 5.30. The molecule has 4 N–H and O–H groups in total. The summed E-state index contributed by atoms with van der Waals surface area (Å²) in [5, 5.41) is 44.1. The minimum Gasteiger partial charge on any atom is -0.392 e. The van der Waals surface area contributed by atoms with Crippen LogP contribution in [0.3, 0.4) is 0 Å². The summed E-state index contributed by atoms with van der Waals surface area (Å²) in [5.41, 5.74) is -1.98. The van der Waals surface area contributed by atoms with Crippen LogP contribution in [-0.4, -0.2) is 43.8 Å². The molecule has 4 saturated carbocycles. The molecule has 4 nitrogen and oxygen atoms in total. The molecule has 4 rings (SSSR count). The fourth-order valence-electron chi connectivity index (χ4n) is 7.16. The van der Waals surface area contributed by atoms with E-state index in [4.69, 9.17) is 0 Å². The third-order valence-corrected chi connectivity index (χ3v) is 8.64. The molecule has 0 aromatic heterocycles. The van der Waals surface area contributed by atoms with Crippen LogP contribution in [0.2, 0.25) is 0 Å². The first-order chi connectivity index (χ1) is 11.0. The zero-order valence-corrected chi connectivity index (χ0v) is 15.1. The maximum atomic E-state index is 11.6. The molecule has 4 fully saturated rings. The van der Waals surface area contributed by atoms with E-state index in [-0.39, 0.29) is 23.2 Å². The van der Waals surface area contributed by atoms with E-state index in [1.165, 1.54) is 0 Å². The van der Waals surface area contributed by atoms with Crippen molar-refractivity contribution in [3.05, 3.63) is 12.2 Å². The third-order valence-electron chi connectivity index (χ3n) is 8.64. The smallest absolute Gasteiger partial charge is 0.105 e. The Hall–Kier alpha value is -0.420. The van der Waals surface area contributed by atoms with Gasteiger partial charge in [0.05, 0.1) is 17.8 Å². The second-order valence-electron chi connectivity index (χ2n) is 10.1. The number of rotatable bonds is 0. The highest BCUT2D eigenvalue weighted by Gasteiger charge is 2.69. The molecule has 136 valence electrons. The molecule has 1 spiro atoms. The summed E-state index contributed by atoms with van der Waals surface area (Å²) >= 11 is 0. The van der Waals surface area contributed by atoms with Crippen LogP contribution in [0.25, 0.3) is 0 Å². The molecule has 0 heterocycles. The van der Waals surface area contributed by atoms with Crippen molar-refractivity contribution < 1.29 is 20.4 Å². The molecular formula is C20H32O4. The van der Waals surface area contributed by atoms with Gasteiger partial charge in [0, 0.05) is 11.3 Å². The standard InChI is InChI=1S/C20H32O4/c1-11-13-6-5-12-8-19(13,10-18(12,4)23)9-16(22)20(24)14(11)7-15(21)17(20,2)3/h12-16,21-24H,1,5-10H2,2-4H3/t12-,13+,14+,15+,16-,18-,19-,20+/m1/s1. The van der Waals surface area contributed by atoms with Gasteiger partial charge in [-0.25, -0.2) is 0 Å². The monoisotopic (exact) mass is 336 g/mol. The molecule has 8 atom stereocenters. The van der Waals surface area contributed by atoms with Crippen LogP contribution < -0.4 is 0 Å². The molecule has 4 aliphatic rings. The molecule has 24 heavy (non-hydrogen) atoms. The zero-order valence-electron chi connectivity index (χ0n) is 15.1. The van der Waals surface area contributed by atoms with E-state index in [1.54, 1.807) is 0 Å². The molecule has 0 saturated heterocycles. The number of hydrogen-bond acceptors (Lipinski definition) is 4. The lowest BCUT2D eigenvalue weighted by molar-refractivity contribution is -0.169. The van der Waals surface area contributed by atoms with Crippen LogP contribution >= 0.6 is 0 Å². The average Bonchev–Trinajstić information content (AvgIpc) is 2.76. The molecule has 0 aliphatic heterocycles. The summed E-state index contributed by atoms with van der Waals surface area (Å²) < 4.78 is 0. The van der Waals surface area contributed by atoms with Crippen molar-refractivity contribution >= 4 is 0 Å². The lowest BCUT2D eigenvalue weighted by atomic mass is 9.63. The van der Waals surface area contributed by atoms with Gasteiger partial charge in [-0.2, -0.15) is 0 Å². The van der Waals surface area contributed by atoms with Crippen LogP contribution in [0.1, 0.15) is 59.3 Å². The molecule has 0 unspecified atom stereocenters. The van der Waals surface area contributed by atoms with Gasteiger partial charge in [0.2, 0.25) is 0 Å². The van der Waals surface area contributed by atoms with E-state index < -0.39 is 28.8 Å². The van der Waals surface area contributed by atoms with Crippen molar-refractivity contribution in [3.63, 3.8) is 0 Å². The van der Waals surface area contributed by atoms with Crippen molar-refractivity contribution in [2.24, 2.45) is 28.6 Å². The summed E-state index contributed by atoms with van der Waals surface area (Å²) in [4.78, 5) is 0. The summed E-state index contributed by atoms with van der Waals surface area (Å²) in [7, 11) is 0. The Kier molecular flexibility index (Phi) is 3.29. The molecule has 0 amide bonds. The maximum Gasteiger partial charge on any atom is 0.105 e. The van der Waals surface area contributed by atoms with Crippen molar-refractivity contribution in [2.45, 2.75) is 82.7 Å². The predicted octanol–water partition coefficient (Wildman–Crippen LogP) is 2.00. The highest BCUT2D eigenvalue weighted by Crippen LogP contribution is 2.68. The molecule has 2 bridgehead atoms. The highest BCUT2D eigenvalue weighted by atomic mass is 16.4. The average molecular weight is 336 g/mol.